The number of pyridine rings is 1. The van der Waals surface area contributed by atoms with Crippen LogP contribution in [0.2, 0.25) is 0 Å². The van der Waals surface area contributed by atoms with E-state index in [2.05, 4.69) is 15.5 Å². The van der Waals surface area contributed by atoms with Gasteiger partial charge in [0.2, 0.25) is 5.89 Å². The van der Waals surface area contributed by atoms with Crippen LogP contribution < -0.4 is 5.32 Å². The first-order valence-corrected chi connectivity index (χ1v) is 9.49. The molecule has 2 aromatic heterocycles. The van der Waals surface area contributed by atoms with Crippen molar-refractivity contribution in [2.75, 3.05) is 11.9 Å². The second kappa shape index (κ2) is 7.44. The number of anilines is 1. The monoisotopic (exact) mass is 386 g/mol. The highest BCUT2D eigenvalue weighted by Gasteiger charge is 2.24. The van der Waals surface area contributed by atoms with Gasteiger partial charge in [-0.1, -0.05) is 53.6 Å². The first-order valence-electron chi connectivity index (χ1n) is 9.49. The number of para-hydroxylation sites is 1. The second-order valence-corrected chi connectivity index (χ2v) is 6.84. The van der Waals surface area contributed by atoms with E-state index in [1.165, 1.54) is 0 Å². The Hall–Kier alpha value is -3.58. The molecule has 0 spiro atoms. The molecule has 3 heterocycles. The molecular weight excluding hydrogens is 368 g/mol. The lowest BCUT2D eigenvalue weighted by molar-refractivity contribution is 0.0893. The molecule has 1 N–H and O–H groups in total. The summed E-state index contributed by atoms with van der Waals surface area (Å²) < 4.78 is 11.1. The quantitative estimate of drug-likeness (QED) is 0.559. The number of carbonyl (C=O) groups is 1. The average molecular weight is 386 g/mol. The number of benzene rings is 2. The summed E-state index contributed by atoms with van der Waals surface area (Å²) in [6, 6.07) is 19.1. The highest BCUT2D eigenvalue weighted by atomic mass is 16.5. The van der Waals surface area contributed by atoms with Gasteiger partial charge >= 0.3 is 6.01 Å². The van der Waals surface area contributed by atoms with Gasteiger partial charge in [0.15, 0.2) is 0 Å². The van der Waals surface area contributed by atoms with Gasteiger partial charge in [-0.2, -0.15) is 0 Å². The van der Waals surface area contributed by atoms with E-state index in [-0.39, 0.29) is 18.0 Å². The van der Waals surface area contributed by atoms with Crippen LogP contribution in [0, 0.1) is 0 Å². The van der Waals surface area contributed by atoms with E-state index in [9.17, 15) is 4.79 Å². The molecule has 4 aromatic rings. The van der Waals surface area contributed by atoms with Gasteiger partial charge < -0.3 is 9.15 Å². The summed E-state index contributed by atoms with van der Waals surface area (Å²) in [5.41, 5.74) is 2.89. The van der Waals surface area contributed by atoms with Crippen molar-refractivity contribution in [3.8, 4) is 11.3 Å². The molecule has 7 nitrogen and oxygen atoms in total. The standard InChI is InChI=1S/C22H18N4O3/c27-20(24-22-26-25-21(29-22)19-11-6-12-28-19)16-13-18(14-7-2-1-3-8-14)23-17-10-5-4-9-15(16)17/h1-5,7-10,13,19H,6,11-12H2,(H,24,26,27). The lowest BCUT2D eigenvalue weighted by Gasteiger charge is -2.09. The Morgan fingerprint density at radius 2 is 1.86 bits per heavy atom. The zero-order valence-electron chi connectivity index (χ0n) is 15.5. The van der Waals surface area contributed by atoms with Crippen molar-refractivity contribution in [3.05, 3.63) is 72.1 Å². The van der Waals surface area contributed by atoms with Gasteiger partial charge in [-0.25, -0.2) is 4.98 Å². The smallest absolute Gasteiger partial charge is 0.322 e. The summed E-state index contributed by atoms with van der Waals surface area (Å²) in [5.74, 6) is 0.0608. The number of nitrogens with one attached hydrogen (secondary N) is 1. The number of carbonyl (C=O) groups excluding carboxylic acids is 1. The summed E-state index contributed by atoms with van der Waals surface area (Å²) in [7, 11) is 0. The third kappa shape index (κ3) is 3.48. The van der Waals surface area contributed by atoms with Crippen LogP contribution >= 0.6 is 0 Å². The van der Waals surface area contributed by atoms with E-state index in [0.29, 0.717) is 18.1 Å². The first kappa shape index (κ1) is 17.5. The molecule has 1 aliphatic rings. The normalized spacial score (nSPS) is 16.2. The maximum atomic E-state index is 13.0. The molecule has 0 radical (unpaired) electrons. The van der Waals surface area contributed by atoms with E-state index in [1.54, 1.807) is 6.07 Å². The minimum atomic E-state index is -0.330. The van der Waals surface area contributed by atoms with E-state index < -0.39 is 0 Å². The fourth-order valence-corrected chi connectivity index (χ4v) is 3.47. The van der Waals surface area contributed by atoms with Crippen LogP contribution in [0.4, 0.5) is 6.01 Å². The fraction of sp³-hybridized carbons (Fsp3) is 0.182. The van der Waals surface area contributed by atoms with Crippen molar-refractivity contribution in [2.24, 2.45) is 0 Å². The van der Waals surface area contributed by atoms with Gasteiger partial charge in [-0.3, -0.25) is 10.1 Å². The molecule has 29 heavy (non-hydrogen) atoms. The Labute approximate surface area is 166 Å². The van der Waals surface area contributed by atoms with Crippen LogP contribution in [0.1, 0.15) is 35.2 Å². The number of nitrogens with zero attached hydrogens (tertiary/aromatic N) is 3. The molecule has 2 aromatic carbocycles. The molecule has 7 heteroatoms. The molecule has 5 rings (SSSR count). The van der Waals surface area contributed by atoms with Crippen molar-refractivity contribution < 1.29 is 13.9 Å². The number of hydrogen-bond donors (Lipinski definition) is 1. The molecule has 1 atom stereocenters. The molecule has 144 valence electrons. The molecule has 0 saturated carbocycles. The summed E-state index contributed by atoms with van der Waals surface area (Å²) >= 11 is 0. The molecule has 1 fully saturated rings. The molecule has 1 unspecified atom stereocenters. The number of ether oxygens (including phenoxy) is 1. The van der Waals surface area contributed by atoms with Gasteiger partial charge in [-0.15, -0.1) is 5.10 Å². The van der Waals surface area contributed by atoms with Crippen LogP contribution in [0.5, 0.6) is 0 Å². The molecule has 0 bridgehead atoms. The number of fused-ring (bicyclic) bond motifs is 1. The Morgan fingerprint density at radius 1 is 1.03 bits per heavy atom. The summed E-state index contributed by atoms with van der Waals surface area (Å²) in [4.78, 5) is 17.7. The zero-order chi connectivity index (χ0) is 19.6. The van der Waals surface area contributed by atoms with Crippen molar-refractivity contribution >= 4 is 22.8 Å². The summed E-state index contributed by atoms with van der Waals surface area (Å²) in [5, 5.41) is 11.4. The predicted octanol–water partition coefficient (Wildman–Crippen LogP) is 4.39. The van der Waals surface area contributed by atoms with E-state index in [0.717, 1.165) is 35.0 Å². The van der Waals surface area contributed by atoms with E-state index >= 15 is 0 Å². The van der Waals surface area contributed by atoms with E-state index in [1.807, 2.05) is 54.6 Å². The molecular formula is C22H18N4O3. The van der Waals surface area contributed by atoms with Crippen LogP contribution in [0.25, 0.3) is 22.2 Å². The zero-order valence-corrected chi connectivity index (χ0v) is 15.5. The molecule has 1 amide bonds. The Kier molecular flexibility index (Phi) is 4.50. The minimum absolute atomic E-state index is 0.0580. The predicted molar refractivity (Wildman–Crippen MR) is 107 cm³/mol. The highest BCUT2D eigenvalue weighted by molar-refractivity contribution is 6.12. The topological polar surface area (TPSA) is 90.1 Å². The van der Waals surface area contributed by atoms with Crippen molar-refractivity contribution in [3.63, 3.8) is 0 Å². The van der Waals surface area contributed by atoms with Gasteiger partial charge in [0.25, 0.3) is 5.91 Å². The summed E-state index contributed by atoms with van der Waals surface area (Å²) in [6.07, 6.45) is 1.60. The third-order valence-electron chi connectivity index (χ3n) is 4.90. The van der Waals surface area contributed by atoms with Crippen molar-refractivity contribution in [1.29, 1.82) is 0 Å². The highest BCUT2D eigenvalue weighted by Crippen LogP contribution is 2.29. The number of amides is 1. The van der Waals surface area contributed by atoms with Crippen LogP contribution in [0.15, 0.2) is 65.1 Å². The lowest BCUT2D eigenvalue weighted by atomic mass is 10.0. The van der Waals surface area contributed by atoms with Gasteiger partial charge in [0.05, 0.1) is 16.8 Å². The maximum Gasteiger partial charge on any atom is 0.322 e. The largest absolute Gasteiger partial charge is 0.405 e. The van der Waals surface area contributed by atoms with Crippen molar-refractivity contribution in [1.82, 2.24) is 15.2 Å². The molecule has 0 aliphatic carbocycles. The number of hydrogen-bond acceptors (Lipinski definition) is 6. The van der Waals surface area contributed by atoms with Crippen LogP contribution in [0.3, 0.4) is 0 Å². The average Bonchev–Trinajstić information content (AvgIpc) is 3.45. The maximum absolute atomic E-state index is 13.0. The third-order valence-corrected chi connectivity index (χ3v) is 4.90. The number of rotatable bonds is 4. The van der Waals surface area contributed by atoms with E-state index in [4.69, 9.17) is 14.1 Å². The first-order chi connectivity index (χ1) is 14.3. The Morgan fingerprint density at radius 3 is 2.69 bits per heavy atom. The van der Waals surface area contributed by atoms with Crippen LogP contribution in [-0.4, -0.2) is 27.7 Å². The lowest BCUT2D eigenvalue weighted by Crippen LogP contribution is -2.13. The Balaban J connectivity index is 1.49. The second-order valence-electron chi connectivity index (χ2n) is 6.84. The fourth-order valence-electron chi connectivity index (χ4n) is 3.47. The van der Waals surface area contributed by atoms with Gasteiger partial charge in [-0.05, 0) is 25.0 Å². The SMILES string of the molecule is O=C(Nc1nnc(C2CCCO2)o1)c1cc(-c2ccccc2)nc2ccccc12. The van der Waals surface area contributed by atoms with Crippen molar-refractivity contribution in [2.45, 2.75) is 18.9 Å². The van der Waals surface area contributed by atoms with Gasteiger partial charge in [0, 0.05) is 17.6 Å². The molecule has 1 saturated heterocycles. The molecule has 1 aliphatic heterocycles. The number of aromatic nitrogens is 3. The van der Waals surface area contributed by atoms with Crippen LogP contribution in [-0.2, 0) is 4.74 Å². The Bertz CT molecular complexity index is 1170. The minimum Gasteiger partial charge on any atom is -0.405 e. The van der Waals surface area contributed by atoms with Gasteiger partial charge in [0.1, 0.15) is 6.10 Å². The summed E-state index contributed by atoms with van der Waals surface area (Å²) in [6.45, 7) is 0.681.